The number of aliphatic carboxylic acids is 1. The second-order valence-electron chi connectivity index (χ2n) is 6.76. The van der Waals surface area contributed by atoms with Gasteiger partial charge in [-0.1, -0.05) is 26.8 Å². The summed E-state index contributed by atoms with van der Waals surface area (Å²) in [5.41, 5.74) is -1.79. The first kappa shape index (κ1) is 19.6. The number of carboxylic acid groups (broad SMARTS) is 1. The van der Waals surface area contributed by atoms with Gasteiger partial charge < -0.3 is 15.2 Å². The Morgan fingerprint density at radius 2 is 1.88 bits per heavy atom. The van der Waals surface area contributed by atoms with Gasteiger partial charge in [0.05, 0.1) is 11.5 Å². The van der Waals surface area contributed by atoms with Crippen molar-refractivity contribution < 1.29 is 24.4 Å². The minimum atomic E-state index is -1.64. The number of rotatable bonds is 6. The van der Waals surface area contributed by atoms with Gasteiger partial charge in [0.25, 0.3) is 11.6 Å². The molecule has 0 aliphatic carbocycles. The normalized spacial score (nSPS) is 13.9. The number of nitro groups is 1. The van der Waals surface area contributed by atoms with Crippen molar-refractivity contribution in [3.05, 3.63) is 39.4 Å². The second kappa shape index (κ2) is 6.96. The monoisotopic (exact) mass is 338 g/mol. The van der Waals surface area contributed by atoms with Crippen LogP contribution in [0.25, 0.3) is 0 Å². The van der Waals surface area contributed by atoms with Crippen molar-refractivity contribution in [1.29, 1.82) is 0 Å². The Hall–Kier alpha value is -2.48. The van der Waals surface area contributed by atoms with Crippen LogP contribution >= 0.6 is 0 Å². The van der Waals surface area contributed by atoms with Crippen LogP contribution in [0.15, 0.2) is 18.2 Å². The number of carboxylic acids is 1. The number of ether oxygens (including phenoxy) is 1. The third kappa shape index (κ3) is 4.29. The van der Waals surface area contributed by atoms with Crippen LogP contribution in [-0.2, 0) is 14.9 Å². The van der Waals surface area contributed by atoms with Crippen LogP contribution in [0.1, 0.15) is 43.6 Å². The number of carbonyl (C=O) groups excluding carboxylic acids is 1. The average molecular weight is 338 g/mol. The number of hydrogen-bond acceptors (Lipinski definition) is 5. The lowest BCUT2D eigenvalue weighted by atomic mass is 9.85. The summed E-state index contributed by atoms with van der Waals surface area (Å²) in [7, 11) is 1.32. The highest BCUT2D eigenvalue weighted by Gasteiger charge is 2.36. The maximum Gasteiger partial charge on any atom is 0.331 e. The fraction of sp³-hybridized carbons (Fsp3) is 0.500. The Balaban J connectivity index is 3.23. The fourth-order valence-electron chi connectivity index (χ4n) is 2.22. The van der Waals surface area contributed by atoms with Gasteiger partial charge >= 0.3 is 5.97 Å². The van der Waals surface area contributed by atoms with Gasteiger partial charge in [0, 0.05) is 24.3 Å². The summed E-state index contributed by atoms with van der Waals surface area (Å²) < 4.78 is 4.83. The van der Waals surface area contributed by atoms with Crippen LogP contribution in [0.3, 0.4) is 0 Å². The third-order valence-electron chi connectivity index (χ3n) is 3.56. The second-order valence-corrected chi connectivity index (χ2v) is 6.76. The third-order valence-corrected chi connectivity index (χ3v) is 3.56. The number of nitrogens with one attached hydrogen (secondary N) is 1. The fourth-order valence-corrected chi connectivity index (χ4v) is 2.22. The van der Waals surface area contributed by atoms with E-state index >= 15 is 0 Å². The summed E-state index contributed by atoms with van der Waals surface area (Å²) >= 11 is 0. The van der Waals surface area contributed by atoms with Gasteiger partial charge in [-0.05, 0) is 18.4 Å². The molecule has 0 fully saturated rings. The van der Waals surface area contributed by atoms with E-state index in [-0.39, 0.29) is 17.9 Å². The summed E-state index contributed by atoms with van der Waals surface area (Å²) in [5.74, 6) is -1.99. The van der Waals surface area contributed by atoms with E-state index in [4.69, 9.17) is 4.74 Å². The van der Waals surface area contributed by atoms with Crippen molar-refractivity contribution in [2.45, 2.75) is 38.6 Å². The standard InChI is InChI=1S/C16H22N2O6/c1-15(2,3)11-7-6-10(8-12(11)18(22)23)13(19)17-16(4,9-24-5)14(20)21/h6-8H,9H2,1-5H3,(H,17,19)(H,20,21). The SMILES string of the molecule is COCC(C)(NC(=O)c1ccc(C(C)(C)C)c([N+](=O)[O-])c1)C(=O)O. The van der Waals surface area contributed by atoms with Crippen LogP contribution in [0.2, 0.25) is 0 Å². The largest absolute Gasteiger partial charge is 0.479 e. The molecule has 1 aromatic carbocycles. The van der Waals surface area contributed by atoms with Gasteiger partial charge in [-0.25, -0.2) is 4.79 Å². The molecule has 24 heavy (non-hydrogen) atoms. The summed E-state index contributed by atoms with van der Waals surface area (Å²) in [6.45, 7) is 6.55. The lowest BCUT2D eigenvalue weighted by Gasteiger charge is -2.25. The summed E-state index contributed by atoms with van der Waals surface area (Å²) in [6.07, 6.45) is 0. The quantitative estimate of drug-likeness (QED) is 0.605. The molecule has 0 aromatic heterocycles. The van der Waals surface area contributed by atoms with Crippen molar-refractivity contribution in [2.24, 2.45) is 0 Å². The molecule has 0 spiro atoms. The number of methoxy groups -OCH3 is 1. The van der Waals surface area contributed by atoms with Crippen LogP contribution in [0.5, 0.6) is 0 Å². The van der Waals surface area contributed by atoms with Crippen LogP contribution in [-0.4, -0.2) is 41.2 Å². The number of nitro benzene ring substituents is 1. The van der Waals surface area contributed by atoms with E-state index < -0.39 is 27.8 Å². The van der Waals surface area contributed by atoms with Crippen molar-refractivity contribution >= 4 is 17.6 Å². The molecular formula is C16H22N2O6. The van der Waals surface area contributed by atoms with Gasteiger partial charge in [0.2, 0.25) is 0 Å². The Morgan fingerprint density at radius 3 is 2.29 bits per heavy atom. The smallest absolute Gasteiger partial charge is 0.331 e. The molecule has 1 atom stereocenters. The first-order chi connectivity index (χ1) is 10.9. The van der Waals surface area contributed by atoms with Crippen molar-refractivity contribution in [3.8, 4) is 0 Å². The molecular weight excluding hydrogens is 316 g/mol. The molecule has 2 N–H and O–H groups in total. The van der Waals surface area contributed by atoms with Crippen LogP contribution < -0.4 is 5.32 Å². The highest BCUT2D eigenvalue weighted by atomic mass is 16.6. The van der Waals surface area contributed by atoms with Gasteiger partial charge in [-0.15, -0.1) is 0 Å². The van der Waals surface area contributed by atoms with Crippen molar-refractivity contribution in [1.82, 2.24) is 5.32 Å². The van der Waals surface area contributed by atoms with Crippen LogP contribution in [0.4, 0.5) is 5.69 Å². The van der Waals surface area contributed by atoms with Gasteiger partial charge in [-0.3, -0.25) is 14.9 Å². The zero-order chi connectivity index (χ0) is 18.7. The molecule has 1 amide bonds. The predicted molar refractivity (Wildman–Crippen MR) is 87.2 cm³/mol. The predicted octanol–water partition coefficient (Wildman–Crippen LogP) is 2.11. The van der Waals surface area contributed by atoms with Crippen LogP contribution in [0, 0.1) is 10.1 Å². The van der Waals surface area contributed by atoms with Gasteiger partial charge in [-0.2, -0.15) is 0 Å². The first-order valence-corrected chi connectivity index (χ1v) is 7.26. The van der Waals surface area contributed by atoms with E-state index in [1.54, 1.807) is 0 Å². The van der Waals surface area contributed by atoms with Gasteiger partial charge in [0.15, 0.2) is 5.54 Å². The first-order valence-electron chi connectivity index (χ1n) is 7.26. The molecule has 1 rings (SSSR count). The Kier molecular flexibility index (Phi) is 5.67. The zero-order valence-electron chi connectivity index (χ0n) is 14.4. The van der Waals surface area contributed by atoms with Crippen molar-refractivity contribution in [2.75, 3.05) is 13.7 Å². The molecule has 132 valence electrons. The van der Waals surface area contributed by atoms with E-state index in [1.807, 2.05) is 20.8 Å². The molecule has 8 heteroatoms. The minimum Gasteiger partial charge on any atom is -0.479 e. The molecule has 0 bridgehead atoms. The molecule has 0 saturated carbocycles. The lowest BCUT2D eigenvalue weighted by molar-refractivity contribution is -0.386. The molecule has 0 heterocycles. The highest BCUT2D eigenvalue weighted by molar-refractivity contribution is 5.98. The van der Waals surface area contributed by atoms with E-state index in [0.717, 1.165) is 6.07 Å². The Morgan fingerprint density at radius 1 is 1.29 bits per heavy atom. The summed E-state index contributed by atoms with van der Waals surface area (Å²) in [6, 6.07) is 4.12. The molecule has 1 unspecified atom stereocenters. The number of amides is 1. The van der Waals surface area contributed by atoms with Gasteiger partial charge in [0.1, 0.15) is 0 Å². The zero-order valence-corrected chi connectivity index (χ0v) is 14.4. The number of carbonyl (C=O) groups is 2. The van der Waals surface area contributed by atoms with E-state index in [9.17, 15) is 24.8 Å². The molecule has 8 nitrogen and oxygen atoms in total. The Bertz CT molecular complexity index is 665. The number of benzene rings is 1. The maximum atomic E-state index is 12.3. The van der Waals surface area contributed by atoms with Crippen molar-refractivity contribution in [3.63, 3.8) is 0 Å². The molecule has 0 radical (unpaired) electrons. The number of nitrogens with zero attached hydrogens (tertiary/aromatic N) is 1. The highest BCUT2D eigenvalue weighted by Crippen LogP contribution is 2.31. The summed E-state index contributed by atoms with van der Waals surface area (Å²) in [4.78, 5) is 34.4. The van der Waals surface area contributed by atoms with E-state index in [1.165, 1.54) is 26.2 Å². The average Bonchev–Trinajstić information content (AvgIpc) is 2.45. The number of hydrogen-bond donors (Lipinski definition) is 2. The molecule has 0 aliphatic heterocycles. The topological polar surface area (TPSA) is 119 Å². The lowest BCUT2D eigenvalue weighted by Crippen LogP contribution is -2.55. The molecule has 1 aromatic rings. The minimum absolute atomic E-state index is 0.0123. The summed E-state index contributed by atoms with van der Waals surface area (Å²) in [5, 5.41) is 22.9. The van der Waals surface area contributed by atoms with E-state index in [2.05, 4.69) is 5.32 Å². The Labute approximate surface area is 140 Å². The molecule has 0 aliphatic rings. The van der Waals surface area contributed by atoms with E-state index in [0.29, 0.717) is 5.56 Å². The molecule has 0 saturated heterocycles. The maximum absolute atomic E-state index is 12.3.